The number of carbonyl (C=O) groups is 1. The van der Waals surface area contributed by atoms with E-state index in [-0.39, 0.29) is 11.3 Å². The van der Waals surface area contributed by atoms with Crippen molar-refractivity contribution in [1.29, 1.82) is 0 Å². The van der Waals surface area contributed by atoms with Crippen LogP contribution in [0.5, 0.6) is 17.2 Å². The molecule has 2 aromatic carbocycles. The molecule has 1 N–H and O–H groups in total. The Morgan fingerprint density at radius 3 is 2.25 bits per heavy atom. The number of methoxy groups -OCH3 is 2. The smallest absolute Gasteiger partial charge is 0.224 e. The molecule has 28 heavy (non-hydrogen) atoms. The maximum Gasteiger partial charge on any atom is 0.224 e. The second-order valence-electron chi connectivity index (χ2n) is 7.46. The highest BCUT2D eigenvalue weighted by molar-refractivity contribution is 6.32. The standard InChI is InChI=1S/C22H28ClNO4/c1-22(2,3)15-8-10-16(11-9-15)28-12-6-7-21(25)24-18-14-19(26-4)17(23)13-20(18)27-5/h8-11,13-14H,6-7,12H2,1-5H3,(H,24,25). The maximum atomic E-state index is 12.2. The fourth-order valence-electron chi connectivity index (χ4n) is 2.64. The van der Waals surface area contributed by atoms with Gasteiger partial charge in [-0.25, -0.2) is 0 Å². The Hall–Kier alpha value is -2.40. The number of halogens is 1. The summed E-state index contributed by atoms with van der Waals surface area (Å²) in [7, 11) is 3.04. The van der Waals surface area contributed by atoms with Crippen LogP contribution in [0, 0.1) is 0 Å². The van der Waals surface area contributed by atoms with Crippen LogP contribution in [-0.4, -0.2) is 26.7 Å². The third-order valence-corrected chi connectivity index (χ3v) is 4.58. The minimum absolute atomic E-state index is 0.113. The summed E-state index contributed by atoms with van der Waals surface area (Å²) in [5.41, 5.74) is 1.89. The van der Waals surface area contributed by atoms with E-state index >= 15 is 0 Å². The number of amides is 1. The summed E-state index contributed by atoms with van der Waals surface area (Å²) in [6.07, 6.45) is 0.925. The lowest BCUT2D eigenvalue weighted by atomic mass is 9.87. The van der Waals surface area contributed by atoms with Gasteiger partial charge in [-0.05, 0) is 29.5 Å². The van der Waals surface area contributed by atoms with Crippen molar-refractivity contribution in [2.45, 2.75) is 39.0 Å². The van der Waals surface area contributed by atoms with Gasteiger partial charge in [0.05, 0.1) is 31.5 Å². The molecule has 0 atom stereocenters. The van der Waals surface area contributed by atoms with Gasteiger partial charge in [-0.1, -0.05) is 44.5 Å². The van der Waals surface area contributed by atoms with E-state index in [4.69, 9.17) is 25.8 Å². The van der Waals surface area contributed by atoms with Crippen LogP contribution in [0.15, 0.2) is 36.4 Å². The Balaban J connectivity index is 1.83. The molecule has 0 saturated carbocycles. The minimum atomic E-state index is -0.130. The number of carbonyl (C=O) groups excluding carboxylic acids is 1. The van der Waals surface area contributed by atoms with Gasteiger partial charge >= 0.3 is 0 Å². The van der Waals surface area contributed by atoms with Gasteiger partial charge in [0.2, 0.25) is 5.91 Å². The number of anilines is 1. The van der Waals surface area contributed by atoms with Gasteiger partial charge in [0.1, 0.15) is 17.2 Å². The average molecular weight is 406 g/mol. The summed E-state index contributed by atoms with van der Waals surface area (Å²) in [5.74, 6) is 1.63. The summed E-state index contributed by atoms with van der Waals surface area (Å²) in [4.78, 5) is 12.2. The zero-order valence-electron chi connectivity index (χ0n) is 17.1. The van der Waals surface area contributed by atoms with Gasteiger partial charge in [0.15, 0.2) is 0 Å². The molecule has 1 amide bonds. The van der Waals surface area contributed by atoms with E-state index in [1.165, 1.54) is 19.8 Å². The number of nitrogens with one attached hydrogen (secondary N) is 1. The van der Waals surface area contributed by atoms with Crippen molar-refractivity contribution < 1.29 is 19.0 Å². The van der Waals surface area contributed by atoms with Crippen molar-refractivity contribution in [2.75, 3.05) is 26.1 Å². The molecule has 2 rings (SSSR count). The number of benzene rings is 2. The predicted molar refractivity (Wildman–Crippen MR) is 113 cm³/mol. The Morgan fingerprint density at radius 1 is 1.04 bits per heavy atom. The van der Waals surface area contributed by atoms with Crippen molar-refractivity contribution in [3.63, 3.8) is 0 Å². The summed E-state index contributed by atoms with van der Waals surface area (Å²) < 4.78 is 16.2. The molecule has 5 nitrogen and oxygen atoms in total. The van der Waals surface area contributed by atoms with E-state index in [0.717, 1.165) is 5.75 Å². The van der Waals surface area contributed by atoms with E-state index in [1.54, 1.807) is 12.1 Å². The normalized spacial score (nSPS) is 11.1. The summed E-state index contributed by atoms with van der Waals surface area (Å²) in [5, 5.41) is 3.25. The highest BCUT2D eigenvalue weighted by Crippen LogP contribution is 2.36. The minimum Gasteiger partial charge on any atom is -0.495 e. The summed E-state index contributed by atoms with van der Waals surface area (Å²) >= 11 is 6.08. The zero-order valence-corrected chi connectivity index (χ0v) is 17.9. The largest absolute Gasteiger partial charge is 0.495 e. The van der Waals surface area contributed by atoms with E-state index in [1.807, 2.05) is 12.1 Å². The summed E-state index contributed by atoms with van der Waals surface area (Å²) in [6.45, 7) is 6.98. The molecule has 6 heteroatoms. The van der Waals surface area contributed by atoms with Gasteiger partial charge in [0, 0.05) is 18.6 Å². The molecule has 0 aromatic heterocycles. The van der Waals surface area contributed by atoms with Gasteiger partial charge < -0.3 is 19.5 Å². The van der Waals surface area contributed by atoms with Crippen molar-refractivity contribution in [1.82, 2.24) is 0 Å². The van der Waals surface area contributed by atoms with Crippen LogP contribution in [-0.2, 0) is 10.2 Å². The maximum absolute atomic E-state index is 12.2. The second-order valence-corrected chi connectivity index (χ2v) is 7.87. The van der Waals surface area contributed by atoms with Crippen LogP contribution in [0.4, 0.5) is 5.69 Å². The summed E-state index contributed by atoms with van der Waals surface area (Å²) in [6, 6.07) is 11.3. The Morgan fingerprint density at radius 2 is 1.68 bits per heavy atom. The molecule has 0 saturated heterocycles. The SMILES string of the molecule is COc1cc(NC(=O)CCCOc2ccc(C(C)(C)C)cc2)c(OC)cc1Cl. The van der Waals surface area contributed by atoms with Gasteiger partial charge in [-0.2, -0.15) is 0 Å². The topological polar surface area (TPSA) is 56.8 Å². The number of rotatable bonds is 8. The fraction of sp³-hybridized carbons (Fsp3) is 0.409. The van der Waals surface area contributed by atoms with Crippen LogP contribution in [0.3, 0.4) is 0 Å². The van der Waals surface area contributed by atoms with Gasteiger partial charge in [-0.3, -0.25) is 4.79 Å². The number of hydrogen-bond donors (Lipinski definition) is 1. The molecule has 0 aliphatic rings. The number of hydrogen-bond acceptors (Lipinski definition) is 4. The van der Waals surface area contributed by atoms with Crippen molar-refractivity contribution in [2.24, 2.45) is 0 Å². The van der Waals surface area contributed by atoms with E-state index in [2.05, 4.69) is 38.2 Å². The molecule has 0 unspecified atom stereocenters. The Labute approximate surface area is 171 Å². The lowest BCUT2D eigenvalue weighted by Crippen LogP contribution is -2.14. The molecule has 0 spiro atoms. The molecule has 0 bridgehead atoms. The van der Waals surface area contributed by atoms with Crippen molar-refractivity contribution in [3.05, 3.63) is 47.0 Å². The lowest BCUT2D eigenvalue weighted by molar-refractivity contribution is -0.116. The van der Waals surface area contributed by atoms with E-state index < -0.39 is 0 Å². The van der Waals surface area contributed by atoms with Crippen LogP contribution >= 0.6 is 11.6 Å². The monoisotopic (exact) mass is 405 g/mol. The van der Waals surface area contributed by atoms with Crippen LogP contribution in [0.25, 0.3) is 0 Å². The molecule has 152 valence electrons. The van der Waals surface area contributed by atoms with Gasteiger partial charge in [-0.15, -0.1) is 0 Å². The predicted octanol–water partition coefficient (Wildman–Crippen LogP) is 5.45. The highest BCUT2D eigenvalue weighted by atomic mass is 35.5. The molecule has 0 heterocycles. The third kappa shape index (κ3) is 6.06. The lowest BCUT2D eigenvalue weighted by Gasteiger charge is -2.19. The first-order valence-corrected chi connectivity index (χ1v) is 9.57. The van der Waals surface area contributed by atoms with Gasteiger partial charge in [0.25, 0.3) is 0 Å². The second kappa shape index (κ2) is 9.69. The van der Waals surface area contributed by atoms with Crippen molar-refractivity contribution in [3.8, 4) is 17.2 Å². The van der Waals surface area contributed by atoms with Crippen LogP contribution in [0.1, 0.15) is 39.2 Å². The first-order chi connectivity index (χ1) is 13.2. The average Bonchev–Trinajstić information content (AvgIpc) is 2.66. The molecule has 0 fully saturated rings. The van der Waals surface area contributed by atoms with Crippen LogP contribution < -0.4 is 19.5 Å². The fourth-order valence-corrected chi connectivity index (χ4v) is 2.88. The zero-order chi connectivity index (χ0) is 20.7. The molecule has 2 aromatic rings. The first-order valence-electron chi connectivity index (χ1n) is 9.19. The third-order valence-electron chi connectivity index (χ3n) is 4.29. The first kappa shape index (κ1) is 21.9. The Kier molecular flexibility index (Phi) is 7.58. The van der Waals surface area contributed by atoms with Crippen molar-refractivity contribution >= 4 is 23.2 Å². The molecular formula is C22H28ClNO4. The highest BCUT2D eigenvalue weighted by Gasteiger charge is 2.14. The molecular weight excluding hydrogens is 378 g/mol. The Bertz CT molecular complexity index is 797. The van der Waals surface area contributed by atoms with E-state index in [0.29, 0.717) is 41.7 Å². The van der Waals surface area contributed by atoms with Crippen LogP contribution in [0.2, 0.25) is 5.02 Å². The molecule has 0 aliphatic carbocycles. The molecule has 0 aliphatic heterocycles. The number of ether oxygens (including phenoxy) is 3. The quantitative estimate of drug-likeness (QED) is 0.593. The van der Waals surface area contributed by atoms with E-state index in [9.17, 15) is 4.79 Å². The molecule has 0 radical (unpaired) electrons.